The Bertz CT molecular complexity index is 591. The van der Waals surface area contributed by atoms with Crippen LogP contribution in [0.2, 0.25) is 0 Å². The first-order valence-corrected chi connectivity index (χ1v) is 5.97. The van der Waals surface area contributed by atoms with Crippen LogP contribution in [-0.4, -0.2) is 20.2 Å². The number of nitrogens with two attached hydrogens (primary N) is 1. The lowest BCUT2D eigenvalue weighted by molar-refractivity contribution is 0.979. The minimum Gasteiger partial charge on any atom is -0.389 e. The van der Waals surface area contributed by atoms with Gasteiger partial charge in [0, 0.05) is 11.1 Å². The molecule has 0 unspecified atom stereocenters. The van der Waals surface area contributed by atoms with Crippen molar-refractivity contribution in [2.45, 2.75) is 6.54 Å². The Labute approximate surface area is 106 Å². The molecule has 8 heteroatoms. The quantitative estimate of drug-likeness (QED) is 0.697. The van der Waals surface area contributed by atoms with E-state index in [1.165, 1.54) is 6.20 Å². The monoisotopic (exact) mass is 267 g/mol. The van der Waals surface area contributed by atoms with Crippen LogP contribution in [0.4, 0.5) is 5.82 Å². The molecule has 0 bridgehead atoms. The molecular weight excluding hydrogens is 258 g/mol. The zero-order chi connectivity index (χ0) is 12.3. The molecule has 2 rings (SSSR count). The normalized spacial score (nSPS) is 10.1. The number of nitrogens with zero attached hydrogens (tertiary/aromatic N) is 2. The van der Waals surface area contributed by atoms with Crippen LogP contribution < -0.4 is 15.9 Å². The molecule has 88 valence electrons. The summed E-state index contributed by atoms with van der Waals surface area (Å²) in [5.74, 6) is 0.507. The lowest BCUT2D eigenvalue weighted by Gasteiger charge is -2.07. The summed E-state index contributed by atoms with van der Waals surface area (Å²) in [5.41, 5.74) is 6.96. The van der Waals surface area contributed by atoms with E-state index in [9.17, 15) is 4.79 Å². The van der Waals surface area contributed by atoms with Crippen LogP contribution >= 0.6 is 23.6 Å². The van der Waals surface area contributed by atoms with Crippen molar-refractivity contribution in [3.8, 4) is 0 Å². The second-order valence-corrected chi connectivity index (χ2v) is 4.47. The second-order valence-electron chi connectivity index (χ2n) is 3.18. The number of hydrogen-bond acceptors (Lipinski definition) is 6. The molecule has 0 saturated heterocycles. The van der Waals surface area contributed by atoms with Crippen LogP contribution in [0.15, 0.2) is 22.4 Å². The maximum absolute atomic E-state index is 10.9. The average Bonchev–Trinajstić information content (AvgIpc) is 2.73. The van der Waals surface area contributed by atoms with Crippen molar-refractivity contribution in [2.75, 3.05) is 5.32 Å². The van der Waals surface area contributed by atoms with Crippen LogP contribution in [0.5, 0.6) is 0 Å². The van der Waals surface area contributed by atoms with Gasteiger partial charge in [-0.15, -0.1) is 5.10 Å². The summed E-state index contributed by atoms with van der Waals surface area (Å²) in [5, 5.41) is 12.4. The molecular formula is C9H9N5OS2. The number of rotatable bonds is 4. The Morgan fingerprint density at radius 1 is 1.65 bits per heavy atom. The number of H-pyrrole nitrogens is 1. The van der Waals surface area contributed by atoms with Crippen LogP contribution in [0.25, 0.3) is 0 Å². The highest BCUT2D eigenvalue weighted by Crippen LogP contribution is 2.11. The first-order valence-electron chi connectivity index (χ1n) is 4.69. The van der Waals surface area contributed by atoms with Gasteiger partial charge in [-0.1, -0.05) is 23.6 Å². The van der Waals surface area contributed by atoms with Gasteiger partial charge in [-0.3, -0.25) is 4.79 Å². The highest BCUT2D eigenvalue weighted by Gasteiger charge is 2.06. The van der Waals surface area contributed by atoms with E-state index in [1.54, 1.807) is 11.4 Å². The fourth-order valence-corrected chi connectivity index (χ4v) is 1.99. The Hall–Kier alpha value is -1.80. The molecule has 0 fully saturated rings. The molecule has 2 aromatic rings. The fraction of sp³-hybridized carbons (Fsp3) is 0.111. The van der Waals surface area contributed by atoms with E-state index in [1.807, 2.05) is 0 Å². The van der Waals surface area contributed by atoms with Gasteiger partial charge in [-0.2, -0.15) is 5.10 Å². The molecule has 0 aliphatic heterocycles. The molecule has 4 N–H and O–H groups in total. The number of aromatic nitrogens is 3. The van der Waals surface area contributed by atoms with Gasteiger partial charge < -0.3 is 16.0 Å². The van der Waals surface area contributed by atoms with E-state index in [4.69, 9.17) is 18.0 Å². The number of thiazole rings is 1. The number of aromatic amines is 1. The van der Waals surface area contributed by atoms with Crippen molar-refractivity contribution in [1.82, 2.24) is 15.2 Å². The summed E-state index contributed by atoms with van der Waals surface area (Å²) >= 11 is 6.01. The van der Waals surface area contributed by atoms with E-state index < -0.39 is 0 Å². The minimum absolute atomic E-state index is 0.0875. The third-order valence-electron chi connectivity index (χ3n) is 2.00. The predicted molar refractivity (Wildman–Crippen MR) is 70.2 cm³/mol. The lowest BCUT2D eigenvalue weighted by atomic mass is 10.3. The van der Waals surface area contributed by atoms with Gasteiger partial charge in [0.25, 0.3) is 0 Å². The van der Waals surface area contributed by atoms with Gasteiger partial charge in [0.05, 0.1) is 18.3 Å². The molecule has 0 aliphatic rings. The van der Waals surface area contributed by atoms with Gasteiger partial charge in [-0.25, -0.2) is 0 Å². The number of thiocarbonyl (C=S) groups is 1. The largest absolute Gasteiger partial charge is 0.389 e. The van der Waals surface area contributed by atoms with E-state index in [0.717, 1.165) is 17.0 Å². The van der Waals surface area contributed by atoms with Crippen molar-refractivity contribution in [2.24, 2.45) is 5.73 Å². The van der Waals surface area contributed by atoms with Crippen LogP contribution in [0, 0.1) is 0 Å². The van der Waals surface area contributed by atoms with E-state index in [-0.39, 0.29) is 9.86 Å². The number of hydrogen-bond donors (Lipinski definition) is 3. The summed E-state index contributed by atoms with van der Waals surface area (Å²) in [6, 6.07) is 1.69. The van der Waals surface area contributed by atoms with Gasteiger partial charge >= 0.3 is 4.87 Å². The molecule has 2 heterocycles. The first kappa shape index (κ1) is 11.7. The first-order chi connectivity index (χ1) is 8.16. The Kier molecular flexibility index (Phi) is 3.45. The summed E-state index contributed by atoms with van der Waals surface area (Å²) in [7, 11) is 0. The SMILES string of the molecule is NC(=S)c1ccnnc1NCc1csc(=O)[nH]1. The third kappa shape index (κ3) is 2.86. The molecule has 0 amide bonds. The molecule has 17 heavy (non-hydrogen) atoms. The van der Waals surface area contributed by atoms with Gasteiger partial charge in [0.15, 0.2) is 5.82 Å². The maximum Gasteiger partial charge on any atom is 0.304 e. The van der Waals surface area contributed by atoms with E-state index in [2.05, 4.69) is 20.5 Å². The Morgan fingerprint density at radius 3 is 3.12 bits per heavy atom. The van der Waals surface area contributed by atoms with Crippen molar-refractivity contribution in [3.05, 3.63) is 38.6 Å². The molecule has 0 atom stereocenters. The van der Waals surface area contributed by atoms with Crippen LogP contribution in [0.3, 0.4) is 0 Å². The molecule has 6 nitrogen and oxygen atoms in total. The Balaban J connectivity index is 2.14. The standard InChI is InChI=1S/C9H9N5OS2/c10-7(16)6-1-2-12-14-8(6)11-3-5-4-17-9(15)13-5/h1-2,4H,3H2,(H2,10,16)(H,11,14)(H,13,15). The van der Waals surface area contributed by atoms with Gasteiger partial charge in [-0.05, 0) is 6.07 Å². The molecule has 0 aliphatic carbocycles. The summed E-state index contributed by atoms with van der Waals surface area (Å²) in [4.78, 5) is 13.8. The molecule has 0 radical (unpaired) electrons. The van der Waals surface area contributed by atoms with Crippen molar-refractivity contribution in [1.29, 1.82) is 0 Å². The number of anilines is 1. The summed E-state index contributed by atoms with van der Waals surface area (Å²) < 4.78 is 0. The lowest BCUT2D eigenvalue weighted by Crippen LogP contribution is -2.15. The highest BCUT2D eigenvalue weighted by atomic mass is 32.1. The van der Waals surface area contributed by atoms with Crippen molar-refractivity contribution in [3.63, 3.8) is 0 Å². The fourth-order valence-electron chi connectivity index (χ4n) is 1.24. The Morgan fingerprint density at radius 2 is 2.47 bits per heavy atom. The molecule has 0 saturated carbocycles. The van der Waals surface area contributed by atoms with E-state index in [0.29, 0.717) is 17.9 Å². The van der Waals surface area contributed by atoms with E-state index >= 15 is 0 Å². The molecule has 2 aromatic heterocycles. The van der Waals surface area contributed by atoms with Crippen LogP contribution in [-0.2, 0) is 6.54 Å². The zero-order valence-electron chi connectivity index (χ0n) is 8.64. The van der Waals surface area contributed by atoms with Crippen LogP contribution in [0.1, 0.15) is 11.3 Å². The smallest absolute Gasteiger partial charge is 0.304 e. The van der Waals surface area contributed by atoms with Crippen molar-refractivity contribution < 1.29 is 0 Å². The second kappa shape index (κ2) is 5.02. The van der Waals surface area contributed by atoms with Gasteiger partial charge in [0.1, 0.15) is 4.99 Å². The minimum atomic E-state index is -0.0875. The molecule has 0 aromatic carbocycles. The highest BCUT2D eigenvalue weighted by molar-refractivity contribution is 7.80. The summed E-state index contributed by atoms with van der Waals surface area (Å²) in [6.07, 6.45) is 1.52. The zero-order valence-corrected chi connectivity index (χ0v) is 10.3. The molecule has 0 spiro atoms. The average molecular weight is 267 g/mol. The summed E-state index contributed by atoms with van der Waals surface area (Å²) in [6.45, 7) is 0.438. The predicted octanol–water partition coefficient (Wildman–Crippen LogP) is 0.473. The third-order valence-corrected chi connectivity index (χ3v) is 2.94. The van der Waals surface area contributed by atoms with Gasteiger partial charge in [0.2, 0.25) is 0 Å². The topological polar surface area (TPSA) is 96.7 Å². The maximum atomic E-state index is 10.9. The van der Waals surface area contributed by atoms with Crippen molar-refractivity contribution >= 4 is 34.4 Å². The number of nitrogens with one attached hydrogen (secondary N) is 2.